The lowest BCUT2D eigenvalue weighted by Gasteiger charge is -2.15. The third-order valence-electron chi connectivity index (χ3n) is 4.67. The van der Waals surface area contributed by atoms with Crippen molar-refractivity contribution in [3.05, 3.63) is 65.2 Å². The Kier molecular flexibility index (Phi) is 5.53. The molecular formula is C21H19N5O3S. The van der Waals surface area contributed by atoms with Crippen molar-refractivity contribution >= 4 is 45.6 Å². The molecule has 3 aromatic rings. The average Bonchev–Trinajstić information content (AvgIpc) is 3.35. The highest BCUT2D eigenvalue weighted by Gasteiger charge is 2.33. The number of aromatic nitrogens is 2. The zero-order valence-electron chi connectivity index (χ0n) is 16.2. The van der Waals surface area contributed by atoms with E-state index in [1.54, 1.807) is 29.2 Å². The maximum absolute atomic E-state index is 12.4. The standard InChI is InChI=1S/C21H19N5O3S/c1-13(27)22-16-9-7-14(8-10-16)19(29)23-21-25-24-20(30-21)15-11-18(28)26(12-15)17-5-3-2-4-6-17/h2-10,15H,11-12H2,1H3,(H,22,27)(H,23,25,29)/t15-/m1/s1. The minimum atomic E-state index is -0.319. The van der Waals surface area contributed by atoms with Gasteiger partial charge in [-0.1, -0.05) is 29.5 Å². The van der Waals surface area contributed by atoms with Crippen LogP contribution in [0.1, 0.15) is 34.6 Å². The zero-order chi connectivity index (χ0) is 21.1. The molecule has 8 nitrogen and oxygen atoms in total. The Morgan fingerprint density at radius 3 is 2.47 bits per heavy atom. The second-order valence-corrected chi connectivity index (χ2v) is 7.91. The van der Waals surface area contributed by atoms with Gasteiger partial charge < -0.3 is 10.2 Å². The fraction of sp³-hybridized carbons (Fsp3) is 0.190. The molecule has 1 aromatic heterocycles. The highest BCUT2D eigenvalue weighted by molar-refractivity contribution is 7.15. The third kappa shape index (κ3) is 4.36. The van der Waals surface area contributed by atoms with Gasteiger partial charge in [-0.05, 0) is 36.4 Å². The summed E-state index contributed by atoms with van der Waals surface area (Å²) in [6.45, 7) is 1.96. The smallest absolute Gasteiger partial charge is 0.257 e. The Morgan fingerprint density at radius 2 is 1.77 bits per heavy atom. The number of anilines is 3. The number of rotatable bonds is 5. The summed E-state index contributed by atoms with van der Waals surface area (Å²) in [5.41, 5.74) is 1.92. The highest BCUT2D eigenvalue weighted by Crippen LogP contribution is 2.34. The number of nitrogens with zero attached hydrogens (tertiary/aromatic N) is 3. The van der Waals surface area contributed by atoms with Gasteiger partial charge >= 0.3 is 0 Å². The number of carbonyl (C=O) groups is 3. The molecule has 2 N–H and O–H groups in total. The van der Waals surface area contributed by atoms with Crippen molar-refractivity contribution in [3.63, 3.8) is 0 Å². The van der Waals surface area contributed by atoms with E-state index in [-0.39, 0.29) is 23.6 Å². The van der Waals surface area contributed by atoms with Crippen molar-refractivity contribution in [2.24, 2.45) is 0 Å². The monoisotopic (exact) mass is 421 g/mol. The second-order valence-electron chi connectivity index (χ2n) is 6.90. The molecule has 0 aliphatic carbocycles. The van der Waals surface area contributed by atoms with E-state index in [4.69, 9.17) is 0 Å². The molecule has 2 aromatic carbocycles. The third-order valence-corrected chi connectivity index (χ3v) is 5.67. The summed E-state index contributed by atoms with van der Waals surface area (Å²) in [5.74, 6) is -0.505. The Balaban J connectivity index is 1.40. The van der Waals surface area contributed by atoms with Crippen molar-refractivity contribution < 1.29 is 14.4 Å². The number of para-hydroxylation sites is 1. The van der Waals surface area contributed by atoms with Crippen molar-refractivity contribution in [1.29, 1.82) is 0 Å². The Bertz CT molecular complexity index is 1080. The minimum absolute atomic E-state index is 0.0474. The molecule has 152 valence electrons. The molecule has 0 spiro atoms. The average molecular weight is 421 g/mol. The van der Waals surface area contributed by atoms with E-state index in [9.17, 15) is 14.4 Å². The van der Waals surface area contributed by atoms with Gasteiger partial charge in [-0.25, -0.2) is 0 Å². The topological polar surface area (TPSA) is 104 Å². The number of carbonyl (C=O) groups excluding carboxylic acids is 3. The van der Waals surface area contributed by atoms with Crippen LogP contribution in [0.3, 0.4) is 0 Å². The number of amides is 3. The molecule has 0 saturated carbocycles. The van der Waals surface area contributed by atoms with E-state index in [0.29, 0.717) is 29.3 Å². The highest BCUT2D eigenvalue weighted by atomic mass is 32.1. The van der Waals surface area contributed by atoms with Gasteiger partial charge in [0.25, 0.3) is 5.91 Å². The van der Waals surface area contributed by atoms with Crippen LogP contribution in [0.25, 0.3) is 0 Å². The number of benzene rings is 2. The summed E-state index contributed by atoms with van der Waals surface area (Å²) >= 11 is 1.27. The SMILES string of the molecule is CC(=O)Nc1ccc(C(=O)Nc2nnc([C@@H]3CC(=O)N(c4ccccc4)C3)s2)cc1. The Morgan fingerprint density at radius 1 is 1.03 bits per heavy atom. The van der Waals surface area contributed by atoms with Gasteiger partial charge in [0.2, 0.25) is 16.9 Å². The predicted octanol–water partition coefficient (Wildman–Crippen LogP) is 3.27. The Hall–Kier alpha value is -3.59. The van der Waals surface area contributed by atoms with E-state index in [2.05, 4.69) is 20.8 Å². The lowest BCUT2D eigenvalue weighted by Crippen LogP contribution is -2.24. The van der Waals surface area contributed by atoms with Crippen LogP contribution in [0.15, 0.2) is 54.6 Å². The van der Waals surface area contributed by atoms with E-state index >= 15 is 0 Å². The van der Waals surface area contributed by atoms with Crippen molar-refractivity contribution in [2.75, 3.05) is 22.1 Å². The first kappa shape index (κ1) is 19.7. The van der Waals surface area contributed by atoms with Gasteiger partial charge in [-0.15, -0.1) is 10.2 Å². The van der Waals surface area contributed by atoms with Crippen LogP contribution in [0.2, 0.25) is 0 Å². The fourth-order valence-corrected chi connectivity index (χ4v) is 4.09. The molecule has 9 heteroatoms. The van der Waals surface area contributed by atoms with E-state index in [1.165, 1.54) is 18.3 Å². The van der Waals surface area contributed by atoms with Crippen LogP contribution in [0.5, 0.6) is 0 Å². The molecule has 0 bridgehead atoms. The molecule has 30 heavy (non-hydrogen) atoms. The minimum Gasteiger partial charge on any atom is -0.326 e. The molecule has 1 saturated heterocycles. The van der Waals surface area contributed by atoms with Gasteiger partial charge in [-0.3, -0.25) is 19.7 Å². The van der Waals surface area contributed by atoms with Crippen LogP contribution in [-0.4, -0.2) is 34.5 Å². The molecule has 0 unspecified atom stereocenters. The molecule has 0 radical (unpaired) electrons. The summed E-state index contributed by atoms with van der Waals surface area (Å²) in [6, 6.07) is 16.1. The van der Waals surface area contributed by atoms with Crippen LogP contribution in [0, 0.1) is 0 Å². The van der Waals surface area contributed by atoms with Crippen molar-refractivity contribution in [2.45, 2.75) is 19.3 Å². The number of hydrogen-bond acceptors (Lipinski definition) is 6. The van der Waals surface area contributed by atoms with Gasteiger partial charge in [-0.2, -0.15) is 0 Å². The first-order chi connectivity index (χ1) is 14.5. The summed E-state index contributed by atoms with van der Waals surface area (Å²) < 4.78 is 0. The summed E-state index contributed by atoms with van der Waals surface area (Å²) in [7, 11) is 0. The molecule has 3 amide bonds. The maximum atomic E-state index is 12.4. The van der Waals surface area contributed by atoms with Crippen molar-refractivity contribution in [3.8, 4) is 0 Å². The van der Waals surface area contributed by atoms with Crippen molar-refractivity contribution in [1.82, 2.24) is 10.2 Å². The first-order valence-electron chi connectivity index (χ1n) is 9.37. The lowest BCUT2D eigenvalue weighted by molar-refractivity contribution is -0.117. The largest absolute Gasteiger partial charge is 0.326 e. The molecule has 2 heterocycles. The summed E-state index contributed by atoms with van der Waals surface area (Å²) in [6.07, 6.45) is 0.363. The van der Waals surface area contributed by atoms with Gasteiger partial charge in [0, 0.05) is 42.7 Å². The zero-order valence-corrected chi connectivity index (χ0v) is 17.0. The number of nitrogens with one attached hydrogen (secondary N) is 2. The molecule has 1 fully saturated rings. The second kappa shape index (κ2) is 8.42. The molecular weight excluding hydrogens is 402 g/mol. The number of hydrogen-bond donors (Lipinski definition) is 2. The molecule has 1 atom stereocenters. The normalized spacial score (nSPS) is 15.8. The maximum Gasteiger partial charge on any atom is 0.257 e. The van der Waals surface area contributed by atoms with Crippen LogP contribution in [-0.2, 0) is 9.59 Å². The fourth-order valence-electron chi connectivity index (χ4n) is 3.26. The van der Waals surface area contributed by atoms with Gasteiger partial charge in [0.1, 0.15) is 5.01 Å². The molecule has 4 rings (SSSR count). The van der Waals surface area contributed by atoms with E-state index < -0.39 is 0 Å². The Labute approximate surface area is 176 Å². The predicted molar refractivity (Wildman–Crippen MR) is 115 cm³/mol. The van der Waals surface area contributed by atoms with Crippen LogP contribution >= 0.6 is 11.3 Å². The van der Waals surface area contributed by atoms with E-state index in [1.807, 2.05) is 30.3 Å². The van der Waals surface area contributed by atoms with Crippen LogP contribution < -0.4 is 15.5 Å². The van der Waals surface area contributed by atoms with Crippen LogP contribution in [0.4, 0.5) is 16.5 Å². The summed E-state index contributed by atoms with van der Waals surface area (Å²) in [4.78, 5) is 37.7. The molecule has 1 aliphatic heterocycles. The van der Waals surface area contributed by atoms with E-state index in [0.717, 1.165) is 10.7 Å². The first-order valence-corrected chi connectivity index (χ1v) is 10.2. The quantitative estimate of drug-likeness (QED) is 0.658. The summed E-state index contributed by atoms with van der Waals surface area (Å²) in [5, 5.41) is 14.7. The molecule has 1 aliphatic rings. The van der Waals surface area contributed by atoms with Gasteiger partial charge in [0.15, 0.2) is 0 Å². The lowest BCUT2D eigenvalue weighted by atomic mass is 10.1. The van der Waals surface area contributed by atoms with Gasteiger partial charge in [0.05, 0.1) is 0 Å².